The number of nitrogens with one attached hydrogen (secondary N) is 2. The van der Waals surface area contributed by atoms with Gasteiger partial charge in [-0.25, -0.2) is 9.97 Å². The largest absolute Gasteiger partial charge is 0.460 e. The molecule has 140 valence electrons. The molecule has 0 amide bonds. The van der Waals surface area contributed by atoms with Gasteiger partial charge in [0.1, 0.15) is 11.2 Å². The fourth-order valence-corrected chi connectivity index (χ4v) is 4.54. The third-order valence-corrected chi connectivity index (χ3v) is 5.93. The molecule has 6 aromatic rings. The molecule has 29 heavy (non-hydrogen) atoms. The predicted octanol–water partition coefficient (Wildman–Crippen LogP) is 6.03. The maximum Gasteiger partial charge on any atom is 0.228 e. The summed E-state index contributed by atoms with van der Waals surface area (Å²) < 4.78 is 6.95. The predicted molar refractivity (Wildman–Crippen MR) is 117 cm³/mol. The van der Waals surface area contributed by atoms with Crippen LogP contribution in [0.2, 0.25) is 0 Å². The van der Waals surface area contributed by atoms with Gasteiger partial charge in [-0.05, 0) is 42.6 Å². The summed E-state index contributed by atoms with van der Waals surface area (Å²) in [6.45, 7) is 2.12. The van der Waals surface area contributed by atoms with Crippen molar-refractivity contribution in [3.63, 3.8) is 0 Å². The first-order valence-corrected chi connectivity index (χ1v) is 10.0. The molecule has 4 aromatic heterocycles. The van der Waals surface area contributed by atoms with Gasteiger partial charge in [-0.15, -0.1) is 11.3 Å². The summed E-state index contributed by atoms with van der Waals surface area (Å²) in [5.41, 5.74) is 5.13. The highest BCUT2D eigenvalue weighted by Gasteiger charge is 2.14. The van der Waals surface area contributed by atoms with E-state index >= 15 is 0 Å². The highest BCUT2D eigenvalue weighted by atomic mass is 32.1. The Labute approximate surface area is 169 Å². The van der Waals surface area contributed by atoms with E-state index in [1.807, 2.05) is 24.3 Å². The lowest BCUT2D eigenvalue weighted by Crippen LogP contribution is -1.99. The number of hydrogen-bond donors (Lipinski definition) is 2. The lowest BCUT2D eigenvalue weighted by Gasteiger charge is -2.08. The average molecular weight is 397 g/mol. The first-order chi connectivity index (χ1) is 14.2. The molecule has 0 aliphatic rings. The van der Waals surface area contributed by atoms with Crippen LogP contribution >= 0.6 is 11.3 Å². The maximum atomic E-state index is 5.71. The minimum absolute atomic E-state index is 0.527. The van der Waals surface area contributed by atoms with E-state index in [1.165, 1.54) is 15.0 Å². The Bertz CT molecular complexity index is 1510. The van der Waals surface area contributed by atoms with Gasteiger partial charge in [0.2, 0.25) is 5.95 Å². The number of aromatic amines is 1. The molecule has 0 saturated carbocycles. The molecule has 0 atom stereocenters. The SMILES string of the molecule is Cc1cc2ccc(-c3nc(Nc4ccc5[nH]ncc5c4)nc4ccoc34)cc2s1. The van der Waals surface area contributed by atoms with Crippen LogP contribution < -0.4 is 5.32 Å². The Morgan fingerprint density at radius 2 is 1.97 bits per heavy atom. The average Bonchev–Trinajstić information content (AvgIpc) is 3.44. The Morgan fingerprint density at radius 3 is 2.93 bits per heavy atom. The molecule has 0 saturated heterocycles. The van der Waals surface area contributed by atoms with Crippen molar-refractivity contribution in [2.24, 2.45) is 0 Å². The molecule has 0 spiro atoms. The molecular weight excluding hydrogens is 382 g/mol. The molecular formula is C22H15N5OS. The van der Waals surface area contributed by atoms with E-state index < -0.39 is 0 Å². The number of aryl methyl sites for hydroxylation is 1. The number of H-pyrrole nitrogens is 1. The number of thiophene rings is 1. The fourth-order valence-electron chi connectivity index (χ4n) is 3.58. The van der Waals surface area contributed by atoms with Gasteiger partial charge in [-0.2, -0.15) is 5.10 Å². The zero-order chi connectivity index (χ0) is 19.4. The summed E-state index contributed by atoms with van der Waals surface area (Å²) in [4.78, 5) is 10.7. The van der Waals surface area contributed by atoms with Crippen molar-refractivity contribution < 1.29 is 4.42 Å². The third-order valence-electron chi connectivity index (χ3n) is 4.92. The number of fused-ring (bicyclic) bond motifs is 3. The second-order valence-electron chi connectivity index (χ2n) is 6.94. The molecule has 0 aliphatic carbocycles. The van der Waals surface area contributed by atoms with Gasteiger partial charge >= 0.3 is 0 Å². The van der Waals surface area contributed by atoms with Crippen LogP contribution in [0.1, 0.15) is 4.88 Å². The highest BCUT2D eigenvalue weighted by Crippen LogP contribution is 2.33. The van der Waals surface area contributed by atoms with E-state index in [0.29, 0.717) is 11.5 Å². The molecule has 2 aromatic carbocycles. The van der Waals surface area contributed by atoms with E-state index in [2.05, 4.69) is 51.7 Å². The van der Waals surface area contributed by atoms with Crippen molar-refractivity contribution in [3.05, 3.63) is 65.9 Å². The third kappa shape index (κ3) is 2.75. The Balaban J connectivity index is 1.47. The molecule has 6 nitrogen and oxygen atoms in total. The van der Waals surface area contributed by atoms with Crippen LogP contribution in [0, 0.1) is 6.92 Å². The molecule has 0 radical (unpaired) electrons. The molecule has 0 bridgehead atoms. The Hall–Kier alpha value is -3.71. The number of aromatic nitrogens is 4. The zero-order valence-corrected chi connectivity index (χ0v) is 16.2. The van der Waals surface area contributed by atoms with Gasteiger partial charge < -0.3 is 9.73 Å². The van der Waals surface area contributed by atoms with Crippen LogP contribution in [0.25, 0.3) is 43.3 Å². The Kier molecular flexibility index (Phi) is 3.45. The van der Waals surface area contributed by atoms with Crippen LogP contribution in [0.15, 0.2) is 65.4 Å². The standard InChI is InChI=1S/C22H15N5OS/c1-12-8-13-2-3-14(10-19(13)29-12)20-21-18(6-7-28-21)25-22(26-20)24-16-4-5-17-15(9-16)11-23-27-17/h2-11H,1H3,(H,23,27)(H,24,25,26). The van der Waals surface area contributed by atoms with E-state index in [4.69, 9.17) is 9.40 Å². The van der Waals surface area contributed by atoms with E-state index in [9.17, 15) is 0 Å². The molecule has 6 rings (SSSR count). The summed E-state index contributed by atoms with van der Waals surface area (Å²) >= 11 is 1.78. The molecule has 4 heterocycles. The minimum atomic E-state index is 0.527. The summed E-state index contributed by atoms with van der Waals surface area (Å²) in [6.07, 6.45) is 3.45. The van der Waals surface area contributed by atoms with Crippen molar-refractivity contribution in [2.45, 2.75) is 6.92 Å². The number of hydrogen-bond acceptors (Lipinski definition) is 6. The fraction of sp³-hybridized carbons (Fsp3) is 0.0455. The second kappa shape index (κ2) is 6.15. The van der Waals surface area contributed by atoms with Crippen molar-refractivity contribution in [3.8, 4) is 11.3 Å². The first kappa shape index (κ1) is 16.3. The minimum Gasteiger partial charge on any atom is -0.460 e. The quantitative estimate of drug-likeness (QED) is 0.381. The van der Waals surface area contributed by atoms with Crippen LogP contribution in [0.4, 0.5) is 11.6 Å². The first-order valence-electron chi connectivity index (χ1n) is 9.19. The molecule has 7 heteroatoms. The topological polar surface area (TPSA) is 79.6 Å². The summed E-state index contributed by atoms with van der Waals surface area (Å²) in [6, 6.07) is 16.4. The van der Waals surface area contributed by atoms with E-state index in [0.717, 1.165) is 33.4 Å². The summed E-state index contributed by atoms with van der Waals surface area (Å²) in [5.74, 6) is 0.527. The molecule has 0 fully saturated rings. The highest BCUT2D eigenvalue weighted by molar-refractivity contribution is 7.19. The van der Waals surface area contributed by atoms with Crippen LogP contribution in [0.5, 0.6) is 0 Å². The monoisotopic (exact) mass is 397 g/mol. The number of benzene rings is 2. The summed E-state index contributed by atoms with van der Waals surface area (Å²) in [5, 5.41) is 12.6. The van der Waals surface area contributed by atoms with Crippen molar-refractivity contribution in [1.29, 1.82) is 0 Å². The smallest absolute Gasteiger partial charge is 0.228 e. The van der Waals surface area contributed by atoms with Gasteiger partial charge in [0.05, 0.1) is 18.0 Å². The van der Waals surface area contributed by atoms with Gasteiger partial charge in [0.25, 0.3) is 0 Å². The van der Waals surface area contributed by atoms with Crippen LogP contribution in [-0.4, -0.2) is 20.2 Å². The lowest BCUT2D eigenvalue weighted by molar-refractivity contribution is 0.615. The second-order valence-corrected chi connectivity index (χ2v) is 8.23. The van der Waals surface area contributed by atoms with E-state index in [1.54, 1.807) is 23.8 Å². The molecule has 0 aliphatic heterocycles. The van der Waals surface area contributed by atoms with Crippen molar-refractivity contribution >= 4 is 55.1 Å². The van der Waals surface area contributed by atoms with Gasteiger partial charge in [-0.3, -0.25) is 5.10 Å². The molecule has 2 N–H and O–H groups in total. The van der Waals surface area contributed by atoms with Crippen molar-refractivity contribution in [2.75, 3.05) is 5.32 Å². The normalized spacial score (nSPS) is 11.6. The number of furan rings is 1. The van der Waals surface area contributed by atoms with Crippen LogP contribution in [-0.2, 0) is 0 Å². The number of nitrogens with zero attached hydrogens (tertiary/aromatic N) is 3. The Morgan fingerprint density at radius 1 is 1.00 bits per heavy atom. The van der Waals surface area contributed by atoms with E-state index in [-0.39, 0.29) is 0 Å². The lowest BCUT2D eigenvalue weighted by atomic mass is 10.1. The maximum absolute atomic E-state index is 5.71. The number of rotatable bonds is 3. The van der Waals surface area contributed by atoms with Gasteiger partial charge in [0, 0.05) is 32.3 Å². The summed E-state index contributed by atoms with van der Waals surface area (Å²) in [7, 11) is 0. The van der Waals surface area contributed by atoms with Crippen molar-refractivity contribution in [1.82, 2.24) is 20.2 Å². The zero-order valence-electron chi connectivity index (χ0n) is 15.4. The molecule has 0 unspecified atom stereocenters. The number of anilines is 2. The van der Waals surface area contributed by atoms with Gasteiger partial charge in [0.15, 0.2) is 5.58 Å². The van der Waals surface area contributed by atoms with Gasteiger partial charge in [-0.1, -0.05) is 12.1 Å². The van der Waals surface area contributed by atoms with Crippen LogP contribution in [0.3, 0.4) is 0 Å².